The Labute approximate surface area is 166 Å². The quantitative estimate of drug-likeness (QED) is 0.712. The molecule has 6 nitrogen and oxygen atoms in total. The highest BCUT2D eigenvalue weighted by Gasteiger charge is 2.27. The Morgan fingerprint density at radius 1 is 1.11 bits per heavy atom. The summed E-state index contributed by atoms with van der Waals surface area (Å²) in [6.45, 7) is 5.96. The first kappa shape index (κ1) is 21.3. The molecule has 0 bridgehead atoms. The van der Waals surface area contributed by atoms with E-state index >= 15 is 0 Å². The Morgan fingerprint density at radius 2 is 1.82 bits per heavy atom. The third-order valence-electron chi connectivity index (χ3n) is 4.59. The van der Waals surface area contributed by atoms with Gasteiger partial charge in [0.1, 0.15) is 18.4 Å². The molecule has 0 saturated heterocycles. The normalized spacial score (nSPS) is 12.6. The molecule has 28 heavy (non-hydrogen) atoms. The highest BCUT2D eigenvalue weighted by atomic mass is 16.5. The maximum Gasteiger partial charge on any atom is 0.408 e. The Bertz CT molecular complexity index is 792. The fourth-order valence-electron chi connectivity index (χ4n) is 2.72. The van der Waals surface area contributed by atoms with Crippen LogP contribution in [0.1, 0.15) is 31.4 Å². The van der Waals surface area contributed by atoms with E-state index < -0.39 is 12.1 Å². The number of benzene rings is 2. The van der Waals surface area contributed by atoms with Crippen molar-refractivity contribution in [3.8, 4) is 5.75 Å². The van der Waals surface area contributed by atoms with Crippen molar-refractivity contribution >= 4 is 17.7 Å². The summed E-state index contributed by atoms with van der Waals surface area (Å²) in [5.41, 5.74) is 2.44. The van der Waals surface area contributed by atoms with Gasteiger partial charge in [0.05, 0.1) is 12.8 Å². The van der Waals surface area contributed by atoms with Crippen molar-refractivity contribution < 1.29 is 19.1 Å². The highest BCUT2D eigenvalue weighted by molar-refractivity contribution is 5.98. The van der Waals surface area contributed by atoms with Crippen molar-refractivity contribution in [3.63, 3.8) is 0 Å². The van der Waals surface area contributed by atoms with Gasteiger partial charge in [0, 0.05) is 0 Å². The van der Waals surface area contributed by atoms with E-state index in [4.69, 9.17) is 9.47 Å². The van der Waals surface area contributed by atoms with Gasteiger partial charge in [-0.3, -0.25) is 4.79 Å². The number of amides is 2. The zero-order valence-corrected chi connectivity index (χ0v) is 16.8. The summed E-state index contributed by atoms with van der Waals surface area (Å²) in [4.78, 5) is 25.1. The molecule has 0 unspecified atom stereocenters. The number of aryl methyl sites for hydroxylation is 1. The molecule has 150 valence electrons. The molecule has 2 rings (SSSR count). The number of methoxy groups -OCH3 is 1. The second kappa shape index (κ2) is 10.3. The monoisotopic (exact) mass is 384 g/mol. The molecule has 0 aliphatic carbocycles. The lowest BCUT2D eigenvalue weighted by molar-refractivity contribution is -0.119. The lowest BCUT2D eigenvalue weighted by Crippen LogP contribution is -2.47. The molecule has 2 N–H and O–H groups in total. The summed E-state index contributed by atoms with van der Waals surface area (Å²) < 4.78 is 10.6. The van der Waals surface area contributed by atoms with E-state index in [1.165, 1.54) is 0 Å². The minimum absolute atomic E-state index is 0.0694. The number of alkyl carbamates (subject to hydrolysis) is 1. The fraction of sp³-hybridized carbons (Fsp3) is 0.364. The first-order valence-corrected chi connectivity index (χ1v) is 9.37. The standard InChI is InChI=1S/C22H28N2O4/c1-5-16(3)20(24-22(26)28-14-17-9-7-6-8-10-17)21(25)23-18-13-15(2)11-12-19(18)27-4/h6-13,16,20H,5,14H2,1-4H3,(H,23,25)(H,24,26)/t16-,20+/m1/s1. The molecule has 0 aliphatic rings. The summed E-state index contributed by atoms with van der Waals surface area (Å²) >= 11 is 0. The number of hydrogen-bond acceptors (Lipinski definition) is 4. The Hall–Kier alpha value is -3.02. The molecule has 2 amide bonds. The number of carbonyl (C=O) groups excluding carboxylic acids is 2. The minimum Gasteiger partial charge on any atom is -0.495 e. The molecule has 0 saturated carbocycles. The maximum atomic E-state index is 12.9. The second-order valence-corrected chi connectivity index (χ2v) is 6.76. The Kier molecular flexibility index (Phi) is 7.87. The number of nitrogens with one attached hydrogen (secondary N) is 2. The first-order valence-electron chi connectivity index (χ1n) is 9.37. The fourth-order valence-corrected chi connectivity index (χ4v) is 2.72. The van der Waals surface area contributed by atoms with Gasteiger partial charge >= 0.3 is 6.09 Å². The van der Waals surface area contributed by atoms with Crippen molar-refractivity contribution in [2.24, 2.45) is 5.92 Å². The number of anilines is 1. The van der Waals surface area contributed by atoms with Crippen molar-refractivity contribution in [1.82, 2.24) is 5.32 Å². The molecule has 2 aromatic carbocycles. The predicted molar refractivity (Wildman–Crippen MR) is 109 cm³/mol. The average molecular weight is 384 g/mol. The van der Waals surface area contributed by atoms with Crippen LogP contribution in [0.2, 0.25) is 0 Å². The topological polar surface area (TPSA) is 76.7 Å². The minimum atomic E-state index is -0.724. The number of carbonyl (C=O) groups is 2. The molecule has 2 atom stereocenters. The van der Waals surface area contributed by atoms with Crippen LogP contribution in [0, 0.1) is 12.8 Å². The smallest absolute Gasteiger partial charge is 0.408 e. The van der Waals surface area contributed by atoms with Gasteiger partial charge in [0.25, 0.3) is 0 Å². The van der Waals surface area contributed by atoms with E-state index in [1.54, 1.807) is 13.2 Å². The zero-order chi connectivity index (χ0) is 20.5. The molecule has 0 spiro atoms. The lowest BCUT2D eigenvalue weighted by Gasteiger charge is -2.24. The van der Waals surface area contributed by atoms with Crippen LogP contribution >= 0.6 is 0 Å². The summed E-state index contributed by atoms with van der Waals surface area (Å²) in [6, 6.07) is 14.2. The molecule has 0 radical (unpaired) electrons. The van der Waals surface area contributed by atoms with Crippen LogP contribution in [0.15, 0.2) is 48.5 Å². The SMILES string of the molecule is CC[C@@H](C)[C@H](NC(=O)OCc1ccccc1)C(=O)Nc1cc(C)ccc1OC. The second-order valence-electron chi connectivity index (χ2n) is 6.76. The Morgan fingerprint density at radius 3 is 2.46 bits per heavy atom. The van der Waals surface area contributed by atoms with Crippen LogP contribution in [0.4, 0.5) is 10.5 Å². The van der Waals surface area contributed by atoms with E-state index in [-0.39, 0.29) is 18.4 Å². The van der Waals surface area contributed by atoms with E-state index in [1.807, 2.05) is 63.2 Å². The predicted octanol–water partition coefficient (Wildman–Crippen LogP) is 4.28. The molecule has 6 heteroatoms. The third-order valence-corrected chi connectivity index (χ3v) is 4.59. The van der Waals surface area contributed by atoms with Crippen LogP contribution in [-0.2, 0) is 16.1 Å². The Balaban J connectivity index is 2.05. The molecule has 0 aliphatic heterocycles. The molecular formula is C22H28N2O4. The van der Waals surface area contributed by atoms with Crippen molar-refractivity contribution in [3.05, 3.63) is 59.7 Å². The maximum absolute atomic E-state index is 12.9. The van der Waals surface area contributed by atoms with Crippen molar-refractivity contribution in [1.29, 1.82) is 0 Å². The van der Waals surface area contributed by atoms with E-state index in [2.05, 4.69) is 10.6 Å². The van der Waals surface area contributed by atoms with Gasteiger partial charge in [0.15, 0.2) is 0 Å². The number of ether oxygens (including phenoxy) is 2. The van der Waals surface area contributed by atoms with Gasteiger partial charge in [-0.15, -0.1) is 0 Å². The van der Waals surface area contributed by atoms with Crippen LogP contribution in [0.3, 0.4) is 0 Å². The van der Waals surface area contributed by atoms with Crippen LogP contribution in [0.25, 0.3) is 0 Å². The average Bonchev–Trinajstić information content (AvgIpc) is 2.70. The van der Waals surface area contributed by atoms with Gasteiger partial charge < -0.3 is 20.1 Å². The van der Waals surface area contributed by atoms with Crippen molar-refractivity contribution in [2.45, 2.75) is 39.8 Å². The molecule has 0 fully saturated rings. The number of rotatable bonds is 8. The van der Waals surface area contributed by atoms with Crippen LogP contribution < -0.4 is 15.4 Å². The van der Waals surface area contributed by atoms with E-state index in [0.717, 1.165) is 17.5 Å². The van der Waals surface area contributed by atoms with Gasteiger partial charge in [0.2, 0.25) is 5.91 Å². The summed E-state index contributed by atoms with van der Waals surface area (Å²) in [7, 11) is 1.55. The highest BCUT2D eigenvalue weighted by Crippen LogP contribution is 2.26. The molecular weight excluding hydrogens is 356 g/mol. The molecule has 0 aromatic heterocycles. The van der Waals surface area contributed by atoms with Gasteiger partial charge in [-0.1, -0.05) is 56.7 Å². The molecule has 0 heterocycles. The third kappa shape index (κ3) is 6.01. The van der Waals surface area contributed by atoms with Crippen LogP contribution in [-0.4, -0.2) is 25.2 Å². The van der Waals surface area contributed by atoms with Gasteiger partial charge in [-0.25, -0.2) is 4.79 Å². The summed E-state index contributed by atoms with van der Waals surface area (Å²) in [5.74, 6) is 0.184. The van der Waals surface area contributed by atoms with Gasteiger partial charge in [-0.2, -0.15) is 0 Å². The molecule has 2 aromatic rings. The van der Waals surface area contributed by atoms with Crippen LogP contribution in [0.5, 0.6) is 5.75 Å². The summed E-state index contributed by atoms with van der Waals surface area (Å²) in [5, 5.41) is 5.56. The largest absolute Gasteiger partial charge is 0.495 e. The summed E-state index contributed by atoms with van der Waals surface area (Å²) in [6.07, 6.45) is 0.0997. The number of hydrogen-bond donors (Lipinski definition) is 2. The van der Waals surface area contributed by atoms with E-state index in [9.17, 15) is 9.59 Å². The zero-order valence-electron chi connectivity index (χ0n) is 16.8. The van der Waals surface area contributed by atoms with Gasteiger partial charge in [-0.05, 0) is 36.1 Å². The first-order chi connectivity index (χ1) is 13.4. The van der Waals surface area contributed by atoms with E-state index in [0.29, 0.717) is 11.4 Å². The lowest BCUT2D eigenvalue weighted by atomic mass is 9.98. The van der Waals surface area contributed by atoms with Crippen molar-refractivity contribution in [2.75, 3.05) is 12.4 Å².